The summed E-state index contributed by atoms with van der Waals surface area (Å²) in [5.74, 6) is -0.890. The summed E-state index contributed by atoms with van der Waals surface area (Å²) in [7, 11) is 2.78. The van der Waals surface area contributed by atoms with Crippen LogP contribution in [0.3, 0.4) is 0 Å². The van der Waals surface area contributed by atoms with Crippen LogP contribution < -0.4 is 25.5 Å². The molecule has 0 radical (unpaired) electrons. The van der Waals surface area contributed by atoms with Gasteiger partial charge in [-0.05, 0) is 75.7 Å². The fraction of sp³-hybridized carbons (Fsp3) is 0.281. The zero-order valence-electron chi connectivity index (χ0n) is 25.8. The van der Waals surface area contributed by atoms with Gasteiger partial charge >= 0.3 is 18.0 Å². The van der Waals surface area contributed by atoms with E-state index in [9.17, 15) is 19.2 Å². The lowest BCUT2D eigenvalue weighted by Gasteiger charge is -2.28. The summed E-state index contributed by atoms with van der Waals surface area (Å²) in [6.07, 6.45) is 1.54. The first-order valence-electron chi connectivity index (χ1n) is 14.0. The quantitative estimate of drug-likeness (QED) is 0.167. The van der Waals surface area contributed by atoms with Gasteiger partial charge in [-0.25, -0.2) is 19.8 Å². The van der Waals surface area contributed by atoms with Gasteiger partial charge in [-0.15, -0.1) is 0 Å². The van der Waals surface area contributed by atoms with Crippen molar-refractivity contribution < 1.29 is 38.1 Å². The number of hydrazone groups is 1. The number of amides is 3. The smallest absolute Gasteiger partial charge is 0.338 e. The minimum atomic E-state index is -0.778. The summed E-state index contributed by atoms with van der Waals surface area (Å²) in [4.78, 5) is 49.0. The number of carbonyl (C=O) groups is 4. The van der Waals surface area contributed by atoms with E-state index in [4.69, 9.17) is 18.9 Å². The van der Waals surface area contributed by atoms with Crippen LogP contribution in [0.2, 0.25) is 0 Å². The van der Waals surface area contributed by atoms with Gasteiger partial charge in [-0.2, -0.15) is 5.10 Å². The SMILES string of the molecule is CCOC(=O)C1=C(C)NC(=O)N[C@H]1c1ccc(OCC(=O)N/N=C\c2cc(C)n(-c3ccc(C(=O)OC)cc3)c2C)c(OC)c1. The van der Waals surface area contributed by atoms with Crippen LogP contribution in [-0.2, 0) is 19.1 Å². The second kappa shape index (κ2) is 14.3. The largest absolute Gasteiger partial charge is 0.493 e. The molecule has 236 valence electrons. The predicted molar refractivity (Wildman–Crippen MR) is 165 cm³/mol. The van der Waals surface area contributed by atoms with Crippen molar-refractivity contribution >= 4 is 30.1 Å². The normalized spacial score (nSPS) is 14.4. The molecule has 1 aromatic heterocycles. The monoisotopic (exact) mass is 617 g/mol. The molecule has 1 aliphatic rings. The molecule has 13 heteroatoms. The minimum Gasteiger partial charge on any atom is -0.493 e. The highest BCUT2D eigenvalue weighted by atomic mass is 16.5. The highest BCUT2D eigenvalue weighted by molar-refractivity contribution is 5.95. The predicted octanol–water partition coefficient (Wildman–Crippen LogP) is 3.61. The number of nitrogens with zero attached hydrogens (tertiary/aromatic N) is 2. The van der Waals surface area contributed by atoms with E-state index in [1.807, 2.05) is 36.6 Å². The Morgan fingerprint density at radius 3 is 2.40 bits per heavy atom. The van der Waals surface area contributed by atoms with Gasteiger partial charge in [0.15, 0.2) is 18.1 Å². The Kier molecular flexibility index (Phi) is 10.2. The molecule has 2 aromatic carbocycles. The molecule has 2 heterocycles. The van der Waals surface area contributed by atoms with Crippen LogP contribution in [-0.4, -0.2) is 62.1 Å². The molecule has 13 nitrogen and oxygen atoms in total. The van der Waals surface area contributed by atoms with Crippen molar-refractivity contribution in [2.45, 2.75) is 33.7 Å². The highest BCUT2D eigenvalue weighted by Gasteiger charge is 2.32. The molecule has 1 atom stereocenters. The third kappa shape index (κ3) is 7.32. The molecule has 4 rings (SSSR count). The Morgan fingerprint density at radius 2 is 1.73 bits per heavy atom. The minimum absolute atomic E-state index is 0.179. The number of hydrogen-bond acceptors (Lipinski definition) is 9. The van der Waals surface area contributed by atoms with Gasteiger partial charge in [0, 0.05) is 28.3 Å². The Balaban J connectivity index is 1.40. The summed E-state index contributed by atoms with van der Waals surface area (Å²) < 4.78 is 23.1. The third-order valence-electron chi connectivity index (χ3n) is 7.05. The summed E-state index contributed by atoms with van der Waals surface area (Å²) in [6, 6.07) is 12.6. The van der Waals surface area contributed by atoms with Gasteiger partial charge in [-0.1, -0.05) is 6.07 Å². The van der Waals surface area contributed by atoms with Crippen molar-refractivity contribution in [1.29, 1.82) is 0 Å². The first kappa shape index (κ1) is 32.3. The van der Waals surface area contributed by atoms with Gasteiger partial charge in [-0.3, -0.25) is 4.79 Å². The van der Waals surface area contributed by atoms with Gasteiger partial charge in [0.05, 0.1) is 44.2 Å². The maximum atomic E-state index is 12.6. The second-order valence-corrected chi connectivity index (χ2v) is 9.98. The standard InChI is InChI=1S/C32H35N5O8/c1-7-44-31(40)28-19(3)34-32(41)35-29(28)22-10-13-25(26(15-22)42-5)45-17-27(38)36-33-16-23-14-18(2)37(20(23)4)24-11-8-21(9-12-24)30(39)43-6/h8-16,29H,7,17H2,1-6H3,(H,36,38)(H2,34,35,41)/b33-16-/t29-/m0/s1. The zero-order chi connectivity index (χ0) is 32.7. The van der Waals surface area contributed by atoms with Crippen molar-refractivity contribution in [3.8, 4) is 17.2 Å². The molecular weight excluding hydrogens is 582 g/mol. The molecule has 45 heavy (non-hydrogen) atoms. The summed E-state index contributed by atoms with van der Waals surface area (Å²) >= 11 is 0. The molecule has 1 aliphatic heterocycles. The van der Waals surface area contributed by atoms with Crippen molar-refractivity contribution in [1.82, 2.24) is 20.6 Å². The van der Waals surface area contributed by atoms with Crippen LogP contribution in [0.5, 0.6) is 11.5 Å². The number of benzene rings is 2. The molecule has 0 saturated heterocycles. The van der Waals surface area contributed by atoms with Crippen LogP contribution in [0, 0.1) is 13.8 Å². The van der Waals surface area contributed by atoms with Crippen LogP contribution in [0.4, 0.5) is 4.79 Å². The number of methoxy groups -OCH3 is 2. The molecule has 3 aromatic rings. The first-order chi connectivity index (χ1) is 21.6. The number of esters is 2. The number of aromatic nitrogens is 1. The number of urea groups is 1. The van der Waals surface area contributed by atoms with E-state index in [1.54, 1.807) is 50.4 Å². The number of nitrogens with one attached hydrogen (secondary N) is 3. The lowest BCUT2D eigenvalue weighted by atomic mass is 9.95. The fourth-order valence-electron chi connectivity index (χ4n) is 4.94. The van der Waals surface area contributed by atoms with Crippen LogP contribution in [0.25, 0.3) is 5.69 Å². The van der Waals surface area contributed by atoms with Gasteiger partial charge in [0.1, 0.15) is 0 Å². The van der Waals surface area contributed by atoms with Crippen LogP contribution >= 0.6 is 0 Å². The van der Waals surface area contributed by atoms with E-state index >= 15 is 0 Å². The average Bonchev–Trinajstić information content (AvgIpc) is 3.31. The molecule has 0 spiro atoms. The van der Waals surface area contributed by atoms with E-state index in [1.165, 1.54) is 14.2 Å². The Hall–Kier alpha value is -5.59. The number of hydrogen-bond donors (Lipinski definition) is 3. The first-order valence-corrected chi connectivity index (χ1v) is 14.0. The number of allylic oxidation sites excluding steroid dienone is 1. The molecule has 0 aliphatic carbocycles. The molecule has 3 amide bonds. The molecule has 0 bridgehead atoms. The van der Waals surface area contributed by atoms with E-state index in [-0.39, 0.29) is 24.5 Å². The Bertz CT molecular complexity index is 1670. The highest BCUT2D eigenvalue weighted by Crippen LogP contribution is 2.34. The number of aryl methyl sites for hydroxylation is 1. The van der Waals surface area contributed by atoms with Crippen molar-refractivity contribution in [3.05, 3.63) is 87.9 Å². The molecule has 0 saturated carbocycles. The van der Waals surface area contributed by atoms with E-state index in [0.717, 1.165) is 22.6 Å². The second-order valence-electron chi connectivity index (χ2n) is 9.98. The number of rotatable bonds is 11. The Morgan fingerprint density at radius 1 is 1.00 bits per heavy atom. The fourth-order valence-corrected chi connectivity index (χ4v) is 4.94. The molecule has 0 fully saturated rings. The Labute approximate surface area is 260 Å². The van der Waals surface area contributed by atoms with Crippen molar-refractivity contribution in [3.63, 3.8) is 0 Å². The average molecular weight is 618 g/mol. The van der Waals surface area contributed by atoms with Gasteiger partial charge in [0.25, 0.3) is 5.91 Å². The van der Waals surface area contributed by atoms with Crippen molar-refractivity contribution in [2.24, 2.45) is 5.10 Å². The van der Waals surface area contributed by atoms with Crippen LogP contribution in [0.1, 0.15) is 52.8 Å². The topological polar surface area (TPSA) is 159 Å². The summed E-state index contributed by atoms with van der Waals surface area (Å²) in [5, 5.41) is 9.40. The summed E-state index contributed by atoms with van der Waals surface area (Å²) in [5.41, 5.74) is 7.60. The van der Waals surface area contributed by atoms with Gasteiger partial charge in [0.2, 0.25) is 0 Å². The third-order valence-corrected chi connectivity index (χ3v) is 7.05. The lowest BCUT2D eigenvalue weighted by molar-refractivity contribution is -0.139. The van der Waals surface area contributed by atoms with Crippen LogP contribution in [0.15, 0.2) is 64.9 Å². The van der Waals surface area contributed by atoms with Crippen molar-refractivity contribution in [2.75, 3.05) is 27.4 Å². The molecule has 3 N–H and O–H groups in total. The zero-order valence-corrected chi connectivity index (χ0v) is 25.8. The molecular formula is C32H35N5O8. The van der Waals surface area contributed by atoms with E-state index in [0.29, 0.717) is 22.6 Å². The van der Waals surface area contributed by atoms with Gasteiger partial charge < -0.3 is 34.1 Å². The number of ether oxygens (including phenoxy) is 4. The maximum Gasteiger partial charge on any atom is 0.338 e. The maximum absolute atomic E-state index is 12.6. The van der Waals surface area contributed by atoms with E-state index < -0.39 is 29.9 Å². The number of carbonyl (C=O) groups excluding carboxylic acids is 4. The summed E-state index contributed by atoms with van der Waals surface area (Å²) in [6.45, 7) is 7.01. The lowest BCUT2D eigenvalue weighted by Crippen LogP contribution is -2.45. The molecule has 0 unspecified atom stereocenters. The van der Waals surface area contributed by atoms with E-state index in [2.05, 4.69) is 21.2 Å².